The van der Waals surface area contributed by atoms with Crippen molar-refractivity contribution in [2.45, 2.75) is 31.6 Å². The van der Waals surface area contributed by atoms with Crippen molar-refractivity contribution in [2.24, 2.45) is 0 Å². The average Bonchev–Trinajstić information content (AvgIpc) is 3.36. The van der Waals surface area contributed by atoms with Gasteiger partial charge in [-0.3, -0.25) is 9.69 Å². The highest BCUT2D eigenvalue weighted by Gasteiger charge is 2.29. The largest absolute Gasteiger partial charge is 0.420 e. The summed E-state index contributed by atoms with van der Waals surface area (Å²) in [6, 6.07) is 3.96. The minimum atomic E-state index is 0.155. The lowest BCUT2D eigenvalue weighted by Gasteiger charge is -2.32. The summed E-state index contributed by atoms with van der Waals surface area (Å²) in [4.78, 5) is 17.8. The first-order valence-corrected chi connectivity index (χ1v) is 9.55. The van der Waals surface area contributed by atoms with Crippen molar-refractivity contribution in [3.63, 3.8) is 0 Å². The molecule has 128 valence electrons. The predicted octanol–water partition coefficient (Wildman–Crippen LogP) is 2.60. The number of hydrogen-bond donors (Lipinski definition) is 0. The van der Waals surface area contributed by atoms with E-state index in [4.69, 9.17) is 4.42 Å². The first-order chi connectivity index (χ1) is 11.8. The van der Waals surface area contributed by atoms with Crippen molar-refractivity contribution >= 4 is 17.2 Å². The van der Waals surface area contributed by atoms with Gasteiger partial charge in [0.15, 0.2) is 0 Å². The Hall–Kier alpha value is -1.73. The van der Waals surface area contributed by atoms with Crippen LogP contribution in [-0.4, -0.2) is 58.6 Å². The number of hydrogen-bond acceptors (Lipinski definition) is 6. The summed E-state index contributed by atoms with van der Waals surface area (Å²) in [6.45, 7) is 4.19. The van der Waals surface area contributed by atoms with Gasteiger partial charge < -0.3 is 9.32 Å². The molecule has 0 aromatic carbocycles. The van der Waals surface area contributed by atoms with Gasteiger partial charge >= 0.3 is 0 Å². The summed E-state index contributed by atoms with van der Waals surface area (Å²) < 4.78 is 5.87. The fourth-order valence-electron chi connectivity index (χ4n) is 3.54. The Morgan fingerprint density at radius 1 is 1.25 bits per heavy atom. The minimum Gasteiger partial charge on any atom is -0.420 e. The zero-order valence-electron chi connectivity index (χ0n) is 13.7. The number of rotatable bonds is 4. The second-order valence-corrected chi connectivity index (χ2v) is 7.53. The fourth-order valence-corrected chi connectivity index (χ4v) is 4.18. The smallest absolute Gasteiger partial charge is 0.257 e. The number of aromatic nitrogens is 2. The Morgan fingerprint density at radius 2 is 2.12 bits per heavy atom. The van der Waals surface area contributed by atoms with E-state index >= 15 is 0 Å². The van der Waals surface area contributed by atoms with Crippen molar-refractivity contribution in [1.82, 2.24) is 20.0 Å². The molecule has 0 aliphatic carbocycles. The molecule has 24 heavy (non-hydrogen) atoms. The maximum absolute atomic E-state index is 12.5. The van der Waals surface area contributed by atoms with Crippen LogP contribution in [0.1, 0.15) is 37.5 Å². The van der Waals surface area contributed by atoms with Gasteiger partial charge in [-0.1, -0.05) is 6.07 Å². The topological polar surface area (TPSA) is 62.5 Å². The Labute approximate surface area is 145 Å². The molecular weight excluding hydrogens is 324 g/mol. The Bertz CT molecular complexity index is 679. The highest BCUT2D eigenvalue weighted by atomic mass is 32.1. The number of piperidine rings is 1. The van der Waals surface area contributed by atoms with E-state index in [1.165, 1.54) is 12.8 Å². The van der Waals surface area contributed by atoms with Crippen molar-refractivity contribution in [3.05, 3.63) is 23.4 Å². The van der Waals surface area contributed by atoms with E-state index in [0.717, 1.165) is 37.4 Å². The van der Waals surface area contributed by atoms with Crippen LogP contribution in [0.4, 0.5) is 0 Å². The van der Waals surface area contributed by atoms with E-state index in [1.54, 1.807) is 11.3 Å². The molecule has 7 heteroatoms. The number of carbonyl (C=O) groups excluding carboxylic acids is 1. The van der Waals surface area contributed by atoms with E-state index in [9.17, 15) is 4.79 Å². The highest BCUT2D eigenvalue weighted by molar-refractivity contribution is 7.13. The van der Waals surface area contributed by atoms with Crippen molar-refractivity contribution in [3.8, 4) is 10.8 Å². The summed E-state index contributed by atoms with van der Waals surface area (Å²) >= 11 is 1.59. The molecule has 0 N–H and O–H groups in total. The Balaban J connectivity index is 1.40. The standard InChI is InChI=1S/C17H22N4O2S/c22-15(12-20-7-1-2-8-20)21-9-3-5-13(11-21)16-18-19-17(23-16)14-6-4-10-24-14/h4,6,10,13H,1-3,5,7-9,11-12H2. The van der Waals surface area contributed by atoms with Gasteiger partial charge in [0.05, 0.1) is 17.3 Å². The van der Waals surface area contributed by atoms with E-state index in [2.05, 4.69) is 15.1 Å². The van der Waals surface area contributed by atoms with Crippen molar-refractivity contribution < 1.29 is 9.21 Å². The van der Waals surface area contributed by atoms with Crippen molar-refractivity contribution in [1.29, 1.82) is 0 Å². The van der Waals surface area contributed by atoms with E-state index in [-0.39, 0.29) is 11.8 Å². The fraction of sp³-hybridized carbons (Fsp3) is 0.588. The summed E-state index contributed by atoms with van der Waals surface area (Å²) in [5.74, 6) is 1.64. The molecular formula is C17H22N4O2S. The van der Waals surface area contributed by atoms with E-state index in [1.807, 2.05) is 22.4 Å². The van der Waals surface area contributed by atoms with Crippen LogP contribution in [0.2, 0.25) is 0 Å². The van der Waals surface area contributed by atoms with Crippen molar-refractivity contribution in [2.75, 3.05) is 32.7 Å². The van der Waals surface area contributed by atoms with Gasteiger partial charge in [-0.25, -0.2) is 0 Å². The average molecular weight is 346 g/mol. The lowest BCUT2D eigenvalue weighted by atomic mass is 9.98. The first-order valence-electron chi connectivity index (χ1n) is 8.67. The number of amides is 1. The summed E-state index contributed by atoms with van der Waals surface area (Å²) in [7, 11) is 0. The number of nitrogens with zero attached hydrogens (tertiary/aromatic N) is 4. The molecule has 2 fully saturated rings. The van der Waals surface area contributed by atoms with Crippen LogP contribution in [0.25, 0.3) is 10.8 Å². The third kappa shape index (κ3) is 3.37. The normalized spacial score (nSPS) is 22.2. The van der Waals surface area contributed by atoms with Gasteiger partial charge in [-0.05, 0) is 50.2 Å². The molecule has 2 aliphatic rings. The predicted molar refractivity (Wildman–Crippen MR) is 91.8 cm³/mol. The third-order valence-electron chi connectivity index (χ3n) is 4.85. The molecule has 1 unspecified atom stereocenters. The van der Waals surface area contributed by atoms with Gasteiger partial charge in [-0.2, -0.15) is 0 Å². The molecule has 2 aliphatic heterocycles. The second-order valence-electron chi connectivity index (χ2n) is 6.58. The second kappa shape index (κ2) is 7.03. The van der Waals surface area contributed by atoms with E-state index < -0.39 is 0 Å². The molecule has 0 saturated carbocycles. The van der Waals surface area contributed by atoms with Crippen LogP contribution in [0.3, 0.4) is 0 Å². The van der Waals surface area contributed by atoms with Crippen LogP contribution in [0.5, 0.6) is 0 Å². The maximum Gasteiger partial charge on any atom is 0.257 e. The molecule has 6 nitrogen and oxygen atoms in total. The van der Waals surface area contributed by atoms with Crippen LogP contribution in [0, 0.1) is 0 Å². The first kappa shape index (κ1) is 15.8. The molecule has 0 spiro atoms. The van der Waals surface area contributed by atoms with Crippen LogP contribution >= 0.6 is 11.3 Å². The van der Waals surface area contributed by atoms with Gasteiger partial charge in [0.2, 0.25) is 11.8 Å². The number of likely N-dealkylation sites (tertiary alicyclic amines) is 2. The summed E-state index contributed by atoms with van der Waals surface area (Å²) in [6.07, 6.45) is 4.42. The summed E-state index contributed by atoms with van der Waals surface area (Å²) in [5, 5.41) is 10.4. The lowest BCUT2D eigenvalue weighted by molar-refractivity contribution is -0.133. The van der Waals surface area contributed by atoms with Gasteiger partial charge in [-0.15, -0.1) is 21.5 Å². The third-order valence-corrected chi connectivity index (χ3v) is 5.71. The molecule has 1 amide bonds. The van der Waals surface area contributed by atoms with Crippen LogP contribution in [-0.2, 0) is 4.79 Å². The van der Waals surface area contributed by atoms with Gasteiger partial charge in [0, 0.05) is 13.1 Å². The zero-order chi connectivity index (χ0) is 16.4. The zero-order valence-corrected chi connectivity index (χ0v) is 14.5. The van der Waals surface area contributed by atoms with Crippen LogP contribution in [0.15, 0.2) is 21.9 Å². The number of thiophene rings is 1. The molecule has 2 aromatic rings. The molecule has 4 heterocycles. The molecule has 2 aromatic heterocycles. The number of carbonyl (C=O) groups is 1. The monoisotopic (exact) mass is 346 g/mol. The molecule has 4 rings (SSSR count). The molecule has 1 atom stereocenters. The molecule has 0 bridgehead atoms. The SMILES string of the molecule is O=C(CN1CCCC1)N1CCCC(c2nnc(-c3cccs3)o2)C1. The lowest BCUT2D eigenvalue weighted by Crippen LogP contribution is -2.44. The van der Waals surface area contributed by atoms with Crippen LogP contribution < -0.4 is 0 Å². The quantitative estimate of drug-likeness (QED) is 0.851. The summed E-state index contributed by atoms with van der Waals surface area (Å²) in [5.41, 5.74) is 0. The maximum atomic E-state index is 12.5. The van der Waals surface area contributed by atoms with E-state index in [0.29, 0.717) is 24.9 Å². The highest BCUT2D eigenvalue weighted by Crippen LogP contribution is 2.30. The minimum absolute atomic E-state index is 0.155. The Kier molecular flexibility index (Phi) is 4.62. The van der Waals surface area contributed by atoms with Gasteiger partial charge in [0.25, 0.3) is 5.89 Å². The molecule has 0 radical (unpaired) electrons. The Morgan fingerprint density at radius 3 is 2.92 bits per heavy atom. The van der Waals surface area contributed by atoms with Gasteiger partial charge in [0.1, 0.15) is 0 Å². The molecule has 2 saturated heterocycles.